The topological polar surface area (TPSA) is 71.2 Å². The summed E-state index contributed by atoms with van der Waals surface area (Å²) in [6.07, 6.45) is 5.13. The highest BCUT2D eigenvalue weighted by Crippen LogP contribution is 2.40. The van der Waals surface area contributed by atoms with Crippen molar-refractivity contribution in [1.82, 2.24) is 10.1 Å². The quantitative estimate of drug-likeness (QED) is 0.309. The Hall–Kier alpha value is -2.25. The van der Waals surface area contributed by atoms with Crippen LogP contribution in [-0.2, 0) is 23.5 Å². The van der Waals surface area contributed by atoms with Crippen LogP contribution in [0.25, 0.3) is 0 Å². The normalized spacial score (nSPS) is 16.9. The summed E-state index contributed by atoms with van der Waals surface area (Å²) < 4.78 is 12.1. The van der Waals surface area contributed by atoms with E-state index in [0.717, 1.165) is 48.4 Å². The van der Waals surface area contributed by atoms with Crippen LogP contribution in [0.15, 0.2) is 59.1 Å². The van der Waals surface area contributed by atoms with Crippen LogP contribution in [0, 0.1) is 5.92 Å². The third-order valence-electron chi connectivity index (χ3n) is 6.77. The van der Waals surface area contributed by atoms with Crippen LogP contribution < -0.4 is 5.11 Å². The highest BCUT2D eigenvalue weighted by Gasteiger charge is 2.36. The summed E-state index contributed by atoms with van der Waals surface area (Å²) in [5, 5.41) is 19.3. The van der Waals surface area contributed by atoms with Gasteiger partial charge in [0.1, 0.15) is 6.54 Å². The fourth-order valence-electron chi connectivity index (χ4n) is 4.74. The zero-order chi connectivity index (χ0) is 24.0. The SMILES string of the molecule is C[N+](C)(CCOCc1ccc(Cl)cc1)Cc1nc(C([O-])(c2ccccc2)C2CCCCC2)no1. The summed E-state index contributed by atoms with van der Waals surface area (Å²) in [7, 11) is 4.19. The second-order valence-electron chi connectivity index (χ2n) is 9.94. The van der Waals surface area contributed by atoms with Gasteiger partial charge in [0.25, 0.3) is 5.89 Å². The Morgan fingerprint density at radius 3 is 2.47 bits per heavy atom. The summed E-state index contributed by atoms with van der Waals surface area (Å²) in [4.78, 5) is 4.64. The predicted octanol–water partition coefficient (Wildman–Crippen LogP) is 4.70. The van der Waals surface area contributed by atoms with Crippen molar-refractivity contribution in [2.45, 2.75) is 50.9 Å². The number of benzene rings is 2. The molecule has 1 atom stereocenters. The third kappa shape index (κ3) is 6.05. The number of rotatable bonds is 10. The molecule has 0 bridgehead atoms. The second-order valence-corrected chi connectivity index (χ2v) is 10.4. The van der Waals surface area contributed by atoms with E-state index in [1.165, 1.54) is 6.42 Å². The Labute approximate surface area is 207 Å². The summed E-state index contributed by atoms with van der Waals surface area (Å²) in [6, 6.07) is 17.2. The minimum absolute atomic E-state index is 0.0298. The largest absolute Gasteiger partial charge is 0.840 e. The summed E-state index contributed by atoms with van der Waals surface area (Å²) >= 11 is 5.94. The van der Waals surface area contributed by atoms with Gasteiger partial charge in [-0.3, -0.25) is 0 Å². The first-order valence-electron chi connectivity index (χ1n) is 12.1. The van der Waals surface area contributed by atoms with Crippen molar-refractivity contribution >= 4 is 11.6 Å². The first kappa shape index (κ1) is 24.9. The molecule has 3 aromatic rings. The molecule has 0 radical (unpaired) electrons. The molecular weight excluding hydrogens is 450 g/mol. The monoisotopic (exact) mass is 483 g/mol. The maximum Gasteiger partial charge on any atom is 0.281 e. The molecule has 6 nitrogen and oxygen atoms in total. The smallest absolute Gasteiger partial charge is 0.281 e. The molecule has 0 N–H and O–H groups in total. The molecule has 0 saturated heterocycles. The number of aromatic nitrogens is 2. The molecule has 2 aromatic carbocycles. The lowest BCUT2D eigenvalue weighted by Crippen LogP contribution is -2.50. The first-order valence-corrected chi connectivity index (χ1v) is 12.5. The Kier molecular flexibility index (Phi) is 8.04. The molecule has 1 unspecified atom stereocenters. The number of hydrogen-bond acceptors (Lipinski definition) is 5. The van der Waals surface area contributed by atoms with Crippen molar-refractivity contribution in [2.24, 2.45) is 5.92 Å². The van der Waals surface area contributed by atoms with Crippen LogP contribution in [-0.4, -0.2) is 41.9 Å². The fourth-order valence-corrected chi connectivity index (χ4v) is 4.87. The molecule has 7 heteroatoms. The van der Waals surface area contributed by atoms with Crippen molar-refractivity contribution in [3.63, 3.8) is 0 Å². The summed E-state index contributed by atoms with van der Waals surface area (Å²) in [6.45, 7) is 2.44. The van der Waals surface area contributed by atoms with E-state index in [2.05, 4.69) is 24.2 Å². The van der Waals surface area contributed by atoms with Crippen LogP contribution in [0.4, 0.5) is 0 Å². The van der Waals surface area contributed by atoms with Crippen molar-refractivity contribution in [3.8, 4) is 0 Å². The van der Waals surface area contributed by atoms with Crippen molar-refractivity contribution in [3.05, 3.63) is 82.5 Å². The molecule has 0 amide bonds. The van der Waals surface area contributed by atoms with E-state index in [1.807, 2.05) is 54.6 Å². The van der Waals surface area contributed by atoms with Gasteiger partial charge in [0.2, 0.25) is 0 Å². The van der Waals surface area contributed by atoms with Crippen molar-refractivity contribution < 1.29 is 18.8 Å². The standard InChI is InChI=1S/C27H34ClN3O3/c1-31(2,17-18-33-20-21-13-15-24(28)16-14-21)19-25-29-26(30-34-25)27(32,22-9-5-3-6-10-22)23-11-7-4-8-12-23/h3,5-6,9-10,13-16,23H,4,7-8,11-12,17-20H2,1-2H3. The van der Waals surface area contributed by atoms with Crippen molar-refractivity contribution in [2.75, 3.05) is 27.2 Å². The molecule has 0 aliphatic heterocycles. The first-order chi connectivity index (χ1) is 16.4. The number of hydrogen-bond donors (Lipinski definition) is 0. The summed E-state index contributed by atoms with van der Waals surface area (Å²) in [5.41, 5.74) is 0.327. The number of ether oxygens (including phenoxy) is 1. The van der Waals surface area contributed by atoms with Gasteiger partial charge in [-0.15, -0.1) is 0 Å². The Bertz CT molecular complexity index is 1030. The molecule has 1 aromatic heterocycles. The molecular formula is C27H34ClN3O3. The van der Waals surface area contributed by atoms with Gasteiger partial charge in [0.05, 0.1) is 27.3 Å². The predicted molar refractivity (Wildman–Crippen MR) is 130 cm³/mol. The average Bonchev–Trinajstić information content (AvgIpc) is 3.32. The van der Waals surface area contributed by atoms with E-state index in [9.17, 15) is 5.11 Å². The zero-order valence-electron chi connectivity index (χ0n) is 20.1. The van der Waals surface area contributed by atoms with Crippen molar-refractivity contribution in [1.29, 1.82) is 0 Å². The highest BCUT2D eigenvalue weighted by molar-refractivity contribution is 6.30. The Balaban J connectivity index is 1.40. The van der Waals surface area contributed by atoms with Crippen LogP contribution in [0.2, 0.25) is 5.02 Å². The lowest BCUT2D eigenvalue weighted by atomic mass is 9.73. The van der Waals surface area contributed by atoms with E-state index >= 15 is 0 Å². The maximum absolute atomic E-state index is 14.4. The molecule has 1 fully saturated rings. The van der Waals surface area contributed by atoms with Crippen LogP contribution >= 0.6 is 11.6 Å². The van der Waals surface area contributed by atoms with Crippen LogP contribution in [0.3, 0.4) is 0 Å². The van der Waals surface area contributed by atoms with Gasteiger partial charge in [-0.1, -0.05) is 96.9 Å². The molecule has 4 rings (SSSR count). The van der Waals surface area contributed by atoms with E-state index in [0.29, 0.717) is 30.1 Å². The minimum atomic E-state index is -1.48. The van der Waals surface area contributed by atoms with Crippen LogP contribution in [0.5, 0.6) is 0 Å². The average molecular weight is 484 g/mol. The third-order valence-corrected chi connectivity index (χ3v) is 7.02. The maximum atomic E-state index is 14.4. The van der Waals surface area contributed by atoms with Crippen LogP contribution in [0.1, 0.15) is 54.9 Å². The lowest BCUT2D eigenvalue weighted by molar-refractivity contribution is -0.905. The number of likely N-dealkylation sites (N-methyl/N-ethyl adjacent to an activating group) is 1. The number of halogens is 1. The fraction of sp³-hybridized carbons (Fsp3) is 0.481. The molecule has 1 saturated carbocycles. The zero-order valence-corrected chi connectivity index (χ0v) is 20.8. The molecule has 182 valence electrons. The molecule has 1 aliphatic carbocycles. The number of quaternary nitrogens is 1. The van der Waals surface area contributed by atoms with Gasteiger partial charge >= 0.3 is 0 Å². The van der Waals surface area contributed by atoms with Gasteiger partial charge in [0, 0.05) is 5.02 Å². The molecule has 1 heterocycles. The van der Waals surface area contributed by atoms with Gasteiger partial charge in [-0.05, 0) is 29.2 Å². The lowest BCUT2D eigenvalue weighted by Gasteiger charge is -2.46. The highest BCUT2D eigenvalue weighted by atomic mass is 35.5. The molecule has 0 spiro atoms. The van der Waals surface area contributed by atoms with Gasteiger partial charge in [-0.2, -0.15) is 4.98 Å². The minimum Gasteiger partial charge on any atom is -0.840 e. The Morgan fingerprint density at radius 1 is 1.06 bits per heavy atom. The molecule has 34 heavy (non-hydrogen) atoms. The van der Waals surface area contributed by atoms with E-state index < -0.39 is 5.60 Å². The van der Waals surface area contributed by atoms with Gasteiger partial charge in [0.15, 0.2) is 12.4 Å². The number of nitrogens with zero attached hydrogens (tertiary/aromatic N) is 3. The summed E-state index contributed by atoms with van der Waals surface area (Å²) in [5.74, 6) is 0.724. The molecule has 1 aliphatic rings. The van der Waals surface area contributed by atoms with E-state index in [4.69, 9.17) is 20.9 Å². The second kappa shape index (κ2) is 11.0. The van der Waals surface area contributed by atoms with Gasteiger partial charge in [-0.25, -0.2) is 0 Å². The Morgan fingerprint density at radius 2 is 1.76 bits per heavy atom. The van der Waals surface area contributed by atoms with E-state index in [1.54, 1.807) is 0 Å². The van der Waals surface area contributed by atoms with Gasteiger partial charge < -0.3 is 18.8 Å². The van der Waals surface area contributed by atoms with E-state index in [-0.39, 0.29) is 11.7 Å².